The number of carbonyl (C=O) groups excluding carboxylic acids is 1. The summed E-state index contributed by atoms with van der Waals surface area (Å²) >= 11 is 5.77. The number of aromatic nitrogens is 2. The highest BCUT2D eigenvalue weighted by molar-refractivity contribution is 6.33. The average molecular weight is 237 g/mol. The van der Waals surface area contributed by atoms with E-state index in [-0.39, 0.29) is 5.78 Å². The highest BCUT2D eigenvalue weighted by atomic mass is 35.5. The Morgan fingerprint density at radius 1 is 1.56 bits per heavy atom. The number of aromatic amines is 1. The number of imidazole rings is 1. The smallest absolute Gasteiger partial charge is 0.180 e. The largest absolute Gasteiger partial charge is 0.342 e. The van der Waals surface area contributed by atoms with E-state index in [1.54, 1.807) is 13.0 Å². The number of Topliss-reactive ketones (excluding diaryl/α,β-unsaturated/α-hetero) is 1. The van der Waals surface area contributed by atoms with Crippen LogP contribution in [0, 0.1) is 0 Å². The number of alkyl halides is 1. The molecule has 0 fully saturated rings. The van der Waals surface area contributed by atoms with E-state index in [9.17, 15) is 4.79 Å². The van der Waals surface area contributed by atoms with Crippen molar-refractivity contribution in [2.45, 2.75) is 25.6 Å². The molecule has 0 saturated heterocycles. The van der Waals surface area contributed by atoms with Crippen molar-refractivity contribution in [3.63, 3.8) is 0 Å². The number of H-pyrrole nitrogens is 1. The number of rotatable bonds is 3. The molecule has 0 spiro atoms. The Morgan fingerprint density at radius 2 is 2.31 bits per heavy atom. The second kappa shape index (κ2) is 4.26. The van der Waals surface area contributed by atoms with Gasteiger partial charge in [0.2, 0.25) is 0 Å². The molecule has 1 aromatic heterocycles. The van der Waals surface area contributed by atoms with E-state index in [4.69, 9.17) is 11.6 Å². The molecule has 4 heteroatoms. The van der Waals surface area contributed by atoms with Crippen LogP contribution in [-0.2, 0) is 6.42 Å². The first-order chi connectivity index (χ1) is 7.61. The van der Waals surface area contributed by atoms with Crippen molar-refractivity contribution < 1.29 is 4.79 Å². The van der Waals surface area contributed by atoms with Gasteiger partial charge in [0.1, 0.15) is 5.82 Å². The number of carbonyl (C=O) groups is 1. The molecule has 0 aliphatic carbocycles. The summed E-state index contributed by atoms with van der Waals surface area (Å²) in [6, 6.07) is 5.42. The maximum Gasteiger partial charge on any atom is 0.180 e. The predicted octanol–water partition coefficient (Wildman–Crippen LogP) is 2.94. The molecule has 1 unspecified atom stereocenters. The van der Waals surface area contributed by atoms with E-state index in [1.807, 2.05) is 19.1 Å². The van der Waals surface area contributed by atoms with Gasteiger partial charge >= 0.3 is 0 Å². The lowest BCUT2D eigenvalue weighted by molar-refractivity contribution is 0.0992. The maximum atomic E-state index is 11.7. The monoisotopic (exact) mass is 236 g/mol. The fourth-order valence-electron chi connectivity index (χ4n) is 1.61. The first-order valence-corrected chi connectivity index (χ1v) is 5.72. The summed E-state index contributed by atoms with van der Waals surface area (Å²) in [5, 5.41) is -0.494. The van der Waals surface area contributed by atoms with Gasteiger partial charge in [-0.15, -0.1) is 11.6 Å². The van der Waals surface area contributed by atoms with E-state index >= 15 is 0 Å². The van der Waals surface area contributed by atoms with E-state index in [1.165, 1.54) is 0 Å². The molecule has 16 heavy (non-hydrogen) atoms. The Morgan fingerprint density at radius 3 is 2.94 bits per heavy atom. The molecule has 84 valence electrons. The van der Waals surface area contributed by atoms with Crippen molar-refractivity contribution in [1.82, 2.24) is 9.97 Å². The fourth-order valence-corrected chi connectivity index (χ4v) is 1.74. The van der Waals surface area contributed by atoms with Gasteiger partial charge < -0.3 is 4.98 Å². The standard InChI is InChI=1S/C12H13ClN2O/c1-3-11-14-9-5-4-8(6-10(9)15-11)12(16)7(2)13/h4-7H,3H2,1-2H3,(H,14,15). The highest BCUT2D eigenvalue weighted by Gasteiger charge is 2.13. The van der Waals surface area contributed by atoms with Gasteiger partial charge in [-0.2, -0.15) is 0 Å². The molecular weight excluding hydrogens is 224 g/mol. The molecule has 0 amide bonds. The van der Waals surface area contributed by atoms with Crippen molar-refractivity contribution in [3.8, 4) is 0 Å². The minimum Gasteiger partial charge on any atom is -0.342 e. The van der Waals surface area contributed by atoms with Crippen molar-refractivity contribution in [3.05, 3.63) is 29.6 Å². The Balaban J connectivity index is 2.47. The van der Waals surface area contributed by atoms with Crippen LogP contribution in [0.15, 0.2) is 18.2 Å². The maximum absolute atomic E-state index is 11.7. The third-order valence-corrected chi connectivity index (χ3v) is 2.71. The first kappa shape index (κ1) is 11.1. The lowest BCUT2D eigenvalue weighted by Crippen LogP contribution is -2.10. The van der Waals surface area contributed by atoms with Crippen LogP contribution in [-0.4, -0.2) is 21.1 Å². The van der Waals surface area contributed by atoms with Gasteiger partial charge in [0.25, 0.3) is 0 Å². The molecule has 0 aliphatic rings. The molecule has 1 aromatic carbocycles. The molecule has 2 rings (SSSR count). The molecule has 3 nitrogen and oxygen atoms in total. The Bertz CT molecular complexity index is 531. The zero-order valence-corrected chi connectivity index (χ0v) is 10.0. The van der Waals surface area contributed by atoms with Crippen LogP contribution in [0.2, 0.25) is 0 Å². The zero-order chi connectivity index (χ0) is 11.7. The fraction of sp³-hybridized carbons (Fsp3) is 0.333. The van der Waals surface area contributed by atoms with Gasteiger partial charge in [-0.05, 0) is 25.1 Å². The van der Waals surface area contributed by atoms with Crippen molar-refractivity contribution in [2.24, 2.45) is 0 Å². The third kappa shape index (κ3) is 1.95. The number of hydrogen-bond acceptors (Lipinski definition) is 2. The van der Waals surface area contributed by atoms with Crippen LogP contribution in [0.5, 0.6) is 0 Å². The van der Waals surface area contributed by atoms with Gasteiger partial charge in [-0.1, -0.05) is 6.92 Å². The normalized spacial score (nSPS) is 12.9. The molecule has 1 N–H and O–H groups in total. The van der Waals surface area contributed by atoms with E-state index in [2.05, 4.69) is 9.97 Å². The molecule has 0 bridgehead atoms. The van der Waals surface area contributed by atoms with Gasteiger partial charge in [0.15, 0.2) is 5.78 Å². The summed E-state index contributed by atoms with van der Waals surface area (Å²) in [6.45, 7) is 3.71. The number of halogens is 1. The lowest BCUT2D eigenvalue weighted by atomic mass is 10.1. The third-order valence-electron chi connectivity index (χ3n) is 2.51. The topological polar surface area (TPSA) is 45.8 Å². The second-order valence-corrected chi connectivity index (χ2v) is 4.40. The number of nitrogens with one attached hydrogen (secondary N) is 1. The van der Waals surface area contributed by atoms with Crippen LogP contribution >= 0.6 is 11.6 Å². The van der Waals surface area contributed by atoms with Gasteiger partial charge in [0.05, 0.1) is 16.4 Å². The summed E-state index contributed by atoms with van der Waals surface area (Å²) in [5.41, 5.74) is 2.40. The lowest BCUT2D eigenvalue weighted by Gasteiger charge is -2.01. The predicted molar refractivity (Wildman–Crippen MR) is 65.1 cm³/mol. The first-order valence-electron chi connectivity index (χ1n) is 5.28. The van der Waals surface area contributed by atoms with Gasteiger partial charge in [-0.3, -0.25) is 4.79 Å². The zero-order valence-electron chi connectivity index (χ0n) is 9.25. The van der Waals surface area contributed by atoms with Crippen LogP contribution in [0.3, 0.4) is 0 Å². The summed E-state index contributed by atoms with van der Waals surface area (Å²) in [6.07, 6.45) is 0.851. The summed E-state index contributed by atoms with van der Waals surface area (Å²) in [5.74, 6) is 0.870. The van der Waals surface area contributed by atoms with E-state index in [0.29, 0.717) is 5.56 Å². The SMILES string of the molecule is CCc1nc2ccc(C(=O)C(C)Cl)cc2[nH]1. The van der Waals surface area contributed by atoms with Crippen molar-refractivity contribution >= 4 is 28.4 Å². The van der Waals surface area contributed by atoms with Crippen LogP contribution in [0.25, 0.3) is 11.0 Å². The van der Waals surface area contributed by atoms with Gasteiger partial charge in [-0.25, -0.2) is 4.98 Å². The highest BCUT2D eigenvalue weighted by Crippen LogP contribution is 2.16. The molecule has 1 heterocycles. The molecule has 0 aliphatic heterocycles. The quantitative estimate of drug-likeness (QED) is 0.658. The Hall–Kier alpha value is -1.35. The van der Waals surface area contributed by atoms with E-state index < -0.39 is 5.38 Å². The molecule has 1 atom stereocenters. The average Bonchev–Trinajstić information content (AvgIpc) is 2.69. The number of ketones is 1. The molecule has 0 saturated carbocycles. The van der Waals surface area contributed by atoms with Crippen molar-refractivity contribution in [2.75, 3.05) is 0 Å². The Kier molecular flexibility index (Phi) is 2.97. The van der Waals surface area contributed by atoms with E-state index in [0.717, 1.165) is 23.3 Å². The molecular formula is C12H13ClN2O. The van der Waals surface area contributed by atoms with Crippen LogP contribution in [0.4, 0.5) is 0 Å². The number of fused-ring (bicyclic) bond motifs is 1. The van der Waals surface area contributed by atoms with Crippen LogP contribution in [0.1, 0.15) is 30.0 Å². The minimum absolute atomic E-state index is 0.0591. The summed E-state index contributed by atoms with van der Waals surface area (Å²) in [4.78, 5) is 19.2. The number of nitrogens with zero attached hydrogens (tertiary/aromatic N) is 1. The molecule has 0 radical (unpaired) electrons. The molecule has 2 aromatic rings. The number of benzene rings is 1. The van der Waals surface area contributed by atoms with Gasteiger partial charge in [0, 0.05) is 12.0 Å². The number of hydrogen-bond donors (Lipinski definition) is 1. The summed E-state index contributed by atoms with van der Waals surface area (Å²) < 4.78 is 0. The van der Waals surface area contributed by atoms with Crippen LogP contribution < -0.4 is 0 Å². The minimum atomic E-state index is -0.494. The van der Waals surface area contributed by atoms with Crippen molar-refractivity contribution in [1.29, 1.82) is 0 Å². The second-order valence-electron chi connectivity index (χ2n) is 3.75. The Labute approximate surface area is 98.8 Å². The summed E-state index contributed by atoms with van der Waals surface area (Å²) in [7, 11) is 0. The number of aryl methyl sites for hydroxylation is 1.